The minimum Gasteiger partial charge on any atom is -0.331 e. The highest BCUT2D eigenvalue weighted by Gasteiger charge is 2.34. The first-order chi connectivity index (χ1) is 15.5. The number of amides is 1. The van der Waals surface area contributed by atoms with Gasteiger partial charge in [-0.2, -0.15) is 0 Å². The minimum atomic E-state index is -0.567. The predicted octanol–water partition coefficient (Wildman–Crippen LogP) is 4.93. The zero-order valence-corrected chi connectivity index (χ0v) is 21.1. The Morgan fingerprint density at radius 1 is 1.06 bits per heavy atom. The molecule has 0 saturated heterocycles. The molecule has 0 radical (unpaired) electrons. The first kappa shape index (κ1) is 24.9. The number of carbonyl (C=O) groups is 1. The molecule has 0 fully saturated rings. The lowest BCUT2D eigenvalue weighted by Gasteiger charge is -2.37. The molecule has 0 N–H and O–H groups in total. The first-order valence-corrected chi connectivity index (χ1v) is 11.7. The van der Waals surface area contributed by atoms with Crippen LogP contribution in [0.25, 0.3) is 16.6 Å². The number of rotatable bonds is 7. The normalized spacial score (nSPS) is 12.8. The predicted molar refractivity (Wildman–Crippen MR) is 135 cm³/mol. The number of para-hydroxylation sites is 1. The fraction of sp³-hybridized carbons (Fsp3) is 0.423. The van der Waals surface area contributed by atoms with Gasteiger partial charge in [-0.05, 0) is 56.9 Å². The lowest BCUT2D eigenvalue weighted by molar-refractivity contribution is -0.142. The van der Waals surface area contributed by atoms with Gasteiger partial charge in [0.1, 0.15) is 5.82 Å². The molecular formula is C26H33ClN4O2. The number of fused-ring (bicyclic) bond motifs is 1. The second kappa shape index (κ2) is 10.1. The minimum absolute atomic E-state index is 0.0289. The Morgan fingerprint density at radius 3 is 2.27 bits per heavy atom. The summed E-state index contributed by atoms with van der Waals surface area (Å²) in [6.45, 7) is 9.03. The molecule has 1 unspecified atom stereocenters. The van der Waals surface area contributed by atoms with Crippen LogP contribution in [-0.4, -0.2) is 52.4 Å². The third-order valence-corrected chi connectivity index (χ3v) is 5.89. The molecule has 1 atom stereocenters. The van der Waals surface area contributed by atoms with E-state index in [1.807, 2.05) is 77.0 Å². The van der Waals surface area contributed by atoms with E-state index in [0.717, 1.165) is 0 Å². The van der Waals surface area contributed by atoms with Gasteiger partial charge in [0.15, 0.2) is 0 Å². The lowest BCUT2D eigenvalue weighted by Crippen LogP contribution is -2.46. The van der Waals surface area contributed by atoms with Crippen LogP contribution >= 0.6 is 11.6 Å². The van der Waals surface area contributed by atoms with Crippen LogP contribution in [0.3, 0.4) is 0 Å². The molecular weight excluding hydrogens is 436 g/mol. The maximum Gasteiger partial charge on any atom is 0.266 e. The largest absolute Gasteiger partial charge is 0.331 e. The van der Waals surface area contributed by atoms with Gasteiger partial charge >= 0.3 is 0 Å². The maximum absolute atomic E-state index is 13.7. The molecule has 1 aromatic heterocycles. The Labute approximate surface area is 200 Å². The Hall–Kier alpha value is -2.70. The molecule has 0 aliphatic heterocycles. The second-order valence-corrected chi connectivity index (χ2v) is 10.0. The van der Waals surface area contributed by atoms with Crippen LogP contribution in [0.15, 0.2) is 53.3 Å². The van der Waals surface area contributed by atoms with Crippen LogP contribution in [0.4, 0.5) is 0 Å². The number of benzene rings is 2. The molecule has 0 saturated carbocycles. The van der Waals surface area contributed by atoms with Gasteiger partial charge in [-0.1, -0.05) is 51.4 Å². The van der Waals surface area contributed by atoms with Crippen molar-refractivity contribution in [2.45, 2.75) is 40.2 Å². The molecule has 6 nitrogen and oxygen atoms in total. The van der Waals surface area contributed by atoms with E-state index in [1.165, 1.54) is 0 Å². The van der Waals surface area contributed by atoms with Gasteiger partial charge in [-0.3, -0.25) is 14.2 Å². The van der Waals surface area contributed by atoms with Crippen molar-refractivity contribution in [2.24, 2.45) is 5.41 Å². The van der Waals surface area contributed by atoms with Gasteiger partial charge in [0.25, 0.3) is 5.56 Å². The molecule has 1 amide bonds. The summed E-state index contributed by atoms with van der Waals surface area (Å²) in [6, 6.07) is 14.1. The summed E-state index contributed by atoms with van der Waals surface area (Å²) in [6.07, 6.45) is 0.619. The molecule has 0 aliphatic rings. The number of nitrogens with zero attached hydrogens (tertiary/aromatic N) is 4. The molecule has 33 heavy (non-hydrogen) atoms. The fourth-order valence-electron chi connectivity index (χ4n) is 3.89. The molecule has 3 rings (SSSR count). The van der Waals surface area contributed by atoms with Crippen molar-refractivity contribution in [3.63, 3.8) is 0 Å². The summed E-state index contributed by atoms with van der Waals surface area (Å²) in [5.41, 5.74) is 0.568. The molecule has 0 spiro atoms. The molecule has 2 aromatic carbocycles. The van der Waals surface area contributed by atoms with E-state index in [2.05, 4.69) is 4.90 Å². The molecule has 0 aliphatic carbocycles. The number of likely N-dealkylation sites (N-methyl/N-ethyl adjacent to an activating group) is 1. The summed E-state index contributed by atoms with van der Waals surface area (Å²) in [5, 5.41) is 1.12. The third-order valence-electron chi connectivity index (χ3n) is 5.64. The van der Waals surface area contributed by atoms with Crippen LogP contribution in [0, 0.1) is 5.41 Å². The molecule has 3 aromatic rings. The average molecular weight is 469 g/mol. The summed E-state index contributed by atoms with van der Waals surface area (Å²) in [7, 11) is 3.97. The van der Waals surface area contributed by atoms with Gasteiger partial charge in [-0.25, -0.2) is 4.98 Å². The fourth-order valence-corrected chi connectivity index (χ4v) is 4.02. The Bertz CT molecular complexity index is 1180. The number of hydrogen-bond donors (Lipinski definition) is 0. The standard InChI is InChI=1S/C26H33ClN4O2/c1-7-22(30(17-16-29(5)6)25(33)26(2,3)4)23-28-21-11-9-8-10-20(21)24(32)31(23)19-14-12-18(27)13-15-19/h8-15,22H,7,16-17H2,1-6H3. The Kier molecular flexibility index (Phi) is 7.60. The van der Waals surface area contributed by atoms with Crippen molar-refractivity contribution in [1.82, 2.24) is 19.4 Å². The Balaban J connectivity index is 2.29. The van der Waals surface area contributed by atoms with E-state index >= 15 is 0 Å². The van der Waals surface area contributed by atoms with Crippen LogP contribution in [0.5, 0.6) is 0 Å². The van der Waals surface area contributed by atoms with E-state index in [-0.39, 0.29) is 17.5 Å². The number of hydrogen-bond acceptors (Lipinski definition) is 4. The summed E-state index contributed by atoms with van der Waals surface area (Å²) < 4.78 is 1.63. The van der Waals surface area contributed by atoms with Gasteiger partial charge in [0.05, 0.1) is 22.6 Å². The highest BCUT2D eigenvalue weighted by molar-refractivity contribution is 6.30. The van der Waals surface area contributed by atoms with Crippen molar-refractivity contribution >= 4 is 28.4 Å². The number of halogens is 1. The van der Waals surface area contributed by atoms with Crippen LogP contribution in [-0.2, 0) is 4.79 Å². The smallest absolute Gasteiger partial charge is 0.266 e. The van der Waals surface area contributed by atoms with Crippen molar-refractivity contribution in [2.75, 3.05) is 27.2 Å². The van der Waals surface area contributed by atoms with Crippen molar-refractivity contribution in [3.8, 4) is 5.69 Å². The van der Waals surface area contributed by atoms with Crippen molar-refractivity contribution in [3.05, 3.63) is 69.7 Å². The first-order valence-electron chi connectivity index (χ1n) is 11.3. The monoisotopic (exact) mass is 468 g/mol. The van der Waals surface area contributed by atoms with Gasteiger partial charge < -0.3 is 9.80 Å². The average Bonchev–Trinajstić information content (AvgIpc) is 2.76. The molecule has 0 bridgehead atoms. The summed E-state index contributed by atoms with van der Waals surface area (Å²) in [4.78, 5) is 36.1. The third kappa shape index (κ3) is 5.45. The van der Waals surface area contributed by atoms with Crippen molar-refractivity contribution in [1.29, 1.82) is 0 Å². The van der Waals surface area contributed by atoms with Crippen LogP contribution in [0.1, 0.15) is 46.0 Å². The maximum atomic E-state index is 13.7. The molecule has 7 heteroatoms. The van der Waals surface area contributed by atoms with E-state index < -0.39 is 5.41 Å². The van der Waals surface area contributed by atoms with E-state index in [0.29, 0.717) is 46.9 Å². The van der Waals surface area contributed by atoms with E-state index in [4.69, 9.17) is 16.6 Å². The quantitative estimate of drug-likeness (QED) is 0.493. The lowest BCUT2D eigenvalue weighted by atomic mass is 9.93. The second-order valence-electron chi connectivity index (χ2n) is 9.58. The molecule has 1 heterocycles. The SMILES string of the molecule is CCC(c1nc2ccccc2c(=O)n1-c1ccc(Cl)cc1)N(CCN(C)C)C(=O)C(C)(C)C. The van der Waals surface area contributed by atoms with Gasteiger partial charge in [0, 0.05) is 23.5 Å². The highest BCUT2D eigenvalue weighted by Crippen LogP contribution is 2.30. The van der Waals surface area contributed by atoms with Crippen molar-refractivity contribution < 1.29 is 4.79 Å². The number of carbonyl (C=O) groups excluding carboxylic acids is 1. The summed E-state index contributed by atoms with van der Waals surface area (Å²) >= 11 is 6.12. The Morgan fingerprint density at radius 2 is 1.70 bits per heavy atom. The zero-order chi connectivity index (χ0) is 24.3. The van der Waals surface area contributed by atoms with Crippen LogP contribution < -0.4 is 5.56 Å². The summed E-state index contributed by atoms with van der Waals surface area (Å²) in [5.74, 6) is 0.584. The highest BCUT2D eigenvalue weighted by atomic mass is 35.5. The van der Waals surface area contributed by atoms with Gasteiger partial charge in [-0.15, -0.1) is 0 Å². The molecule has 176 valence electrons. The number of aromatic nitrogens is 2. The topological polar surface area (TPSA) is 58.4 Å². The zero-order valence-electron chi connectivity index (χ0n) is 20.3. The van der Waals surface area contributed by atoms with E-state index in [1.54, 1.807) is 22.8 Å². The van der Waals surface area contributed by atoms with Crippen LogP contribution in [0.2, 0.25) is 5.02 Å². The van der Waals surface area contributed by atoms with Gasteiger partial charge in [0.2, 0.25) is 5.91 Å². The van der Waals surface area contributed by atoms with E-state index in [9.17, 15) is 9.59 Å².